The Hall–Kier alpha value is -1.55. The molecule has 1 fully saturated rings. The number of rotatable bonds is 3. The molecule has 1 heterocycles. The largest absolute Gasteiger partial charge is 0.508 e. The van der Waals surface area contributed by atoms with Gasteiger partial charge in [0.1, 0.15) is 5.75 Å². The highest BCUT2D eigenvalue weighted by Crippen LogP contribution is 2.52. The Balaban J connectivity index is 1.80. The van der Waals surface area contributed by atoms with Crippen LogP contribution in [-0.2, 0) is 16.8 Å². The minimum atomic E-state index is 0.0977. The van der Waals surface area contributed by atoms with E-state index in [1.165, 1.54) is 11.1 Å². The highest BCUT2D eigenvalue weighted by molar-refractivity contribution is 5.78. The molecular weight excluding hydrogens is 240 g/mol. The van der Waals surface area contributed by atoms with E-state index < -0.39 is 0 Å². The molecule has 0 bridgehead atoms. The third-order valence-corrected chi connectivity index (χ3v) is 4.18. The number of carbonyl (C=O) groups is 1. The van der Waals surface area contributed by atoms with Gasteiger partial charge in [-0.05, 0) is 43.0 Å². The zero-order valence-electron chi connectivity index (χ0n) is 11.3. The maximum absolute atomic E-state index is 11.7. The minimum Gasteiger partial charge on any atom is -0.508 e. The van der Waals surface area contributed by atoms with Gasteiger partial charge >= 0.3 is 0 Å². The molecule has 0 saturated heterocycles. The first-order valence-corrected chi connectivity index (χ1v) is 6.94. The number of carbonyl (C=O) groups excluding carboxylic acids is 1. The van der Waals surface area contributed by atoms with Crippen molar-refractivity contribution in [3.8, 4) is 5.75 Å². The summed E-state index contributed by atoms with van der Waals surface area (Å²) in [5.41, 5.74) is 2.74. The van der Waals surface area contributed by atoms with E-state index in [2.05, 4.69) is 10.2 Å². The average molecular weight is 260 g/mol. The molecule has 1 aromatic rings. The fraction of sp³-hybridized carbons (Fsp3) is 0.533. The van der Waals surface area contributed by atoms with Crippen LogP contribution in [0.3, 0.4) is 0 Å². The number of phenols is 1. The summed E-state index contributed by atoms with van der Waals surface area (Å²) in [7, 11) is 0. The van der Waals surface area contributed by atoms with Crippen molar-refractivity contribution in [1.29, 1.82) is 0 Å². The molecule has 1 spiro atoms. The van der Waals surface area contributed by atoms with Crippen LogP contribution in [0.15, 0.2) is 18.2 Å². The molecule has 19 heavy (non-hydrogen) atoms. The van der Waals surface area contributed by atoms with Crippen molar-refractivity contribution in [2.75, 3.05) is 19.6 Å². The van der Waals surface area contributed by atoms with Gasteiger partial charge in [0.15, 0.2) is 0 Å². The molecule has 0 unspecified atom stereocenters. The van der Waals surface area contributed by atoms with E-state index in [1.807, 2.05) is 19.1 Å². The number of hydrogen-bond donors (Lipinski definition) is 2. The van der Waals surface area contributed by atoms with Crippen LogP contribution >= 0.6 is 0 Å². The Labute approximate surface area is 113 Å². The van der Waals surface area contributed by atoms with Gasteiger partial charge < -0.3 is 10.4 Å². The predicted molar refractivity (Wildman–Crippen MR) is 73.0 cm³/mol. The van der Waals surface area contributed by atoms with E-state index in [1.54, 1.807) is 6.07 Å². The molecule has 0 aromatic heterocycles. The standard InChI is InChI=1S/C15H20N2O2/c1-2-16-14(19)9-17-8-11-3-4-12(18)7-13(11)15(10-17)5-6-15/h3-4,7,18H,2,5-6,8-10H2,1H3,(H,16,19). The molecule has 1 amide bonds. The van der Waals surface area contributed by atoms with E-state index in [9.17, 15) is 9.90 Å². The zero-order valence-corrected chi connectivity index (χ0v) is 11.3. The molecular formula is C15H20N2O2. The molecule has 4 nitrogen and oxygen atoms in total. The molecule has 4 heteroatoms. The predicted octanol–water partition coefficient (Wildman–Crippen LogP) is 1.38. The Morgan fingerprint density at radius 1 is 1.47 bits per heavy atom. The van der Waals surface area contributed by atoms with Gasteiger partial charge in [-0.15, -0.1) is 0 Å². The van der Waals surface area contributed by atoms with Crippen LogP contribution in [0.5, 0.6) is 5.75 Å². The summed E-state index contributed by atoms with van der Waals surface area (Å²) in [6, 6.07) is 5.64. The van der Waals surface area contributed by atoms with Crippen LogP contribution in [-0.4, -0.2) is 35.5 Å². The van der Waals surface area contributed by atoms with Crippen molar-refractivity contribution in [3.05, 3.63) is 29.3 Å². The van der Waals surface area contributed by atoms with Crippen molar-refractivity contribution < 1.29 is 9.90 Å². The maximum Gasteiger partial charge on any atom is 0.234 e. The van der Waals surface area contributed by atoms with E-state index in [4.69, 9.17) is 0 Å². The number of phenolic OH excluding ortho intramolecular Hbond substituents is 1. The number of likely N-dealkylation sites (N-methyl/N-ethyl adjacent to an activating group) is 1. The van der Waals surface area contributed by atoms with Crippen molar-refractivity contribution >= 4 is 5.91 Å². The fourth-order valence-corrected chi connectivity index (χ4v) is 3.15. The highest BCUT2D eigenvalue weighted by atomic mass is 16.3. The Morgan fingerprint density at radius 2 is 2.26 bits per heavy atom. The van der Waals surface area contributed by atoms with Crippen molar-refractivity contribution in [1.82, 2.24) is 10.2 Å². The van der Waals surface area contributed by atoms with Crippen LogP contribution in [0, 0.1) is 0 Å². The SMILES string of the molecule is CCNC(=O)CN1Cc2ccc(O)cc2C2(CC2)C1. The average Bonchev–Trinajstić information content (AvgIpc) is 3.11. The van der Waals surface area contributed by atoms with Crippen LogP contribution in [0.25, 0.3) is 0 Å². The van der Waals surface area contributed by atoms with Crippen LogP contribution in [0.4, 0.5) is 0 Å². The molecule has 2 N–H and O–H groups in total. The van der Waals surface area contributed by atoms with Gasteiger partial charge in [-0.2, -0.15) is 0 Å². The number of nitrogens with one attached hydrogen (secondary N) is 1. The topological polar surface area (TPSA) is 52.6 Å². The van der Waals surface area contributed by atoms with Gasteiger partial charge in [0.25, 0.3) is 0 Å². The maximum atomic E-state index is 11.7. The van der Waals surface area contributed by atoms with E-state index in [-0.39, 0.29) is 11.3 Å². The van der Waals surface area contributed by atoms with Gasteiger partial charge in [-0.1, -0.05) is 6.07 Å². The molecule has 102 valence electrons. The van der Waals surface area contributed by atoms with Crippen LogP contribution < -0.4 is 5.32 Å². The zero-order chi connectivity index (χ0) is 13.5. The second-order valence-electron chi connectivity index (χ2n) is 5.72. The molecule has 3 rings (SSSR count). The second-order valence-corrected chi connectivity index (χ2v) is 5.72. The Bertz CT molecular complexity index is 509. The lowest BCUT2D eigenvalue weighted by Crippen LogP contribution is -2.43. The van der Waals surface area contributed by atoms with Crippen LogP contribution in [0.2, 0.25) is 0 Å². The summed E-state index contributed by atoms with van der Waals surface area (Å²) in [4.78, 5) is 13.9. The third kappa shape index (κ3) is 2.32. The lowest BCUT2D eigenvalue weighted by Gasteiger charge is -2.34. The summed E-state index contributed by atoms with van der Waals surface area (Å²) in [5.74, 6) is 0.447. The number of aromatic hydroxyl groups is 1. The lowest BCUT2D eigenvalue weighted by atomic mass is 9.87. The van der Waals surface area contributed by atoms with Gasteiger partial charge in [0, 0.05) is 25.0 Å². The lowest BCUT2D eigenvalue weighted by molar-refractivity contribution is -0.122. The molecule has 1 saturated carbocycles. The number of benzene rings is 1. The summed E-state index contributed by atoms with van der Waals surface area (Å²) in [6.07, 6.45) is 2.32. The Kier molecular flexibility index (Phi) is 2.97. The van der Waals surface area contributed by atoms with E-state index in [0.717, 1.165) is 25.9 Å². The summed E-state index contributed by atoms with van der Waals surface area (Å²) in [5, 5.41) is 12.5. The monoisotopic (exact) mass is 260 g/mol. The number of hydrogen-bond acceptors (Lipinski definition) is 3. The smallest absolute Gasteiger partial charge is 0.234 e. The number of amides is 1. The fourth-order valence-electron chi connectivity index (χ4n) is 3.15. The first kappa shape index (κ1) is 12.5. The molecule has 2 aliphatic rings. The minimum absolute atomic E-state index is 0.0977. The van der Waals surface area contributed by atoms with Crippen molar-refractivity contribution in [2.24, 2.45) is 0 Å². The van der Waals surface area contributed by atoms with Crippen molar-refractivity contribution in [2.45, 2.75) is 31.7 Å². The summed E-state index contributed by atoms with van der Waals surface area (Å²) in [6.45, 7) is 4.82. The number of fused-ring (bicyclic) bond motifs is 2. The molecule has 0 atom stereocenters. The van der Waals surface area contributed by atoms with E-state index >= 15 is 0 Å². The first-order valence-electron chi connectivity index (χ1n) is 6.94. The summed E-state index contributed by atoms with van der Waals surface area (Å²) < 4.78 is 0. The van der Waals surface area contributed by atoms with E-state index in [0.29, 0.717) is 18.8 Å². The number of nitrogens with zero attached hydrogens (tertiary/aromatic N) is 1. The van der Waals surface area contributed by atoms with Crippen LogP contribution in [0.1, 0.15) is 30.9 Å². The van der Waals surface area contributed by atoms with Gasteiger partial charge in [-0.25, -0.2) is 0 Å². The molecule has 1 aliphatic carbocycles. The van der Waals surface area contributed by atoms with Crippen molar-refractivity contribution in [3.63, 3.8) is 0 Å². The van der Waals surface area contributed by atoms with Gasteiger partial charge in [0.05, 0.1) is 6.54 Å². The highest BCUT2D eigenvalue weighted by Gasteiger charge is 2.49. The normalized spacial score (nSPS) is 20.1. The summed E-state index contributed by atoms with van der Waals surface area (Å²) >= 11 is 0. The quantitative estimate of drug-likeness (QED) is 0.863. The first-order chi connectivity index (χ1) is 9.13. The molecule has 1 aromatic carbocycles. The Morgan fingerprint density at radius 3 is 2.95 bits per heavy atom. The second kappa shape index (κ2) is 4.53. The third-order valence-electron chi connectivity index (χ3n) is 4.18. The molecule has 0 radical (unpaired) electrons. The van der Waals surface area contributed by atoms with Gasteiger partial charge in [-0.3, -0.25) is 9.69 Å². The van der Waals surface area contributed by atoms with Gasteiger partial charge in [0.2, 0.25) is 5.91 Å². The molecule has 1 aliphatic heterocycles.